The number of nitrogens with two attached hydrogens (primary N) is 1. The lowest BCUT2D eigenvalue weighted by Gasteiger charge is -2.11. The Hall–Kier alpha value is -3.35. The molecule has 0 spiro atoms. The summed E-state index contributed by atoms with van der Waals surface area (Å²) in [5.74, 6) is 2.64. The maximum Gasteiger partial charge on any atom is 0.193 e. The van der Waals surface area contributed by atoms with E-state index < -0.39 is 0 Å². The molecule has 7 nitrogen and oxygen atoms in total. The van der Waals surface area contributed by atoms with Gasteiger partial charge in [0.2, 0.25) is 0 Å². The molecule has 4 N–H and O–H groups in total. The molecule has 0 bridgehead atoms. The van der Waals surface area contributed by atoms with Crippen LogP contribution < -0.4 is 15.8 Å². The van der Waals surface area contributed by atoms with E-state index >= 15 is 0 Å². The minimum Gasteiger partial charge on any atom is -0.491 e. The summed E-state index contributed by atoms with van der Waals surface area (Å²) in [6.07, 6.45) is 0.145. The average molecular weight is 364 g/mol. The van der Waals surface area contributed by atoms with Gasteiger partial charge in [0, 0.05) is 11.3 Å². The molecule has 7 heteroatoms. The highest BCUT2D eigenvalue weighted by molar-refractivity contribution is 5.92. The Morgan fingerprint density at radius 2 is 2.00 bits per heavy atom. The zero-order valence-electron chi connectivity index (χ0n) is 15.7. The summed E-state index contributed by atoms with van der Waals surface area (Å²) in [5, 5.41) is 10.1. The molecule has 0 aliphatic heterocycles. The highest BCUT2D eigenvalue weighted by Crippen LogP contribution is 2.18. The first-order valence-corrected chi connectivity index (χ1v) is 8.81. The molecule has 140 valence electrons. The molecule has 0 fully saturated rings. The molecule has 3 rings (SSSR count). The molecule has 0 saturated heterocycles. The van der Waals surface area contributed by atoms with Crippen molar-refractivity contribution in [1.29, 1.82) is 0 Å². The van der Waals surface area contributed by atoms with Gasteiger partial charge in [-0.05, 0) is 56.7 Å². The second-order valence-corrected chi connectivity index (χ2v) is 6.46. The number of nitrogens with zero attached hydrogens (tertiary/aromatic N) is 3. The molecule has 0 saturated carbocycles. The molecule has 0 unspecified atom stereocenters. The molecule has 1 aromatic heterocycles. The van der Waals surface area contributed by atoms with E-state index in [-0.39, 0.29) is 6.10 Å². The van der Waals surface area contributed by atoms with E-state index in [1.54, 1.807) is 0 Å². The average Bonchev–Trinajstić information content (AvgIpc) is 3.08. The third-order valence-corrected chi connectivity index (χ3v) is 3.71. The minimum absolute atomic E-state index is 0.145. The van der Waals surface area contributed by atoms with Crippen LogP contribution in [0.1, 0.15) is 25.2 Å². The van der Waals surface area contributed by atoms with Crippen LogP contribution in [-0.2, 0) is 6.54 Å². The fraction of sp³-hybridized carbons (Fsp3) is 0.250. The number of aliphatic imine (C=N–C) groups is 1. The van der Waals surface area contributed by atoms with Crippen LogP contribution in [0.5, 0.6) is 5.75 Å². The quantitative estimate of drug-likeness (QED) is 0.459. The summed E-state index contributed by atoms with van der Waals surface area (Å²) < 4.78 is 5.63. The maximum absolute atomic E-state index is 6.00. The predicted molar refractivity (Wildman–Crippen MR) is 108 cm³/mol. The number of rotatable bonds is 6. The van der Waals surface area contributed by atoms with Crippen molar-refractivity contribution < 1.29 is 4.74 Å². The van der Waals surface area contributed by atoms with Gasteiger partial charge in [0.25, 0.3) is 0 Å². The second kappa shape index (κ2) is 8.35. The molecular weight excluding hydrogens is 340 g/mol. The summed E-state index contributed by atoms with van der Waals surface area (Å²) in [7, 11) is 0. The van der Waals surface area contributed by atoms with Gasteiger partial charge in [0.05, 0.1) is 12.6 Å². The van der Waals surface area contributed by atoms with E-state index in [1.165, 1.54) is 0 Å². The number of benzene rings is 2. The maximum atomic E-state index is 6.00. The third-order valence-electron chi connectivity index (χ3n) is 3.71. The van der Waals surface area contributed by atoms with Crippen molar-refractivity contribution in [2.45, 2.75) is 33.4 Å². The Bertz CT molecular complexity index is 914. The lowest BCUT2D eigenvalue weighted by Crippen LogP contribution is -2.22. The van der Waals surface area contributed by atoms with Crippen LogP contribution in [0.4, 0.5) is 5.69 Å². The predicted octanol–water partition coefficient (Wildman–Crippen LogP) is 3.49. The van der Waals surface area contributed by atoms with Crippen LogP contribution >= 0.6 is 0 Å². The Morgan fingerprint density at radius 1 is 1.22 bits per heavy atom. The van der Waals surface area contributed by atoms with Crippen LogP contribution in [0.25, 0.3) is 11.4 Å². The number of hydrogen-bond acceptors (Lipinski definition) is 4. The topological polar surface area (TPSA) is 101 Å². The lowest BCUT2D eigenvalue weighted by atomic mass is 10.1. The van der Waals surface area contributed by atoms with Gasteiger partial charge in [-0.25, -0.2) is 9.98 Å². The van der Waals surface area contributed by atoms with Gasteiger partial charge in [-0.3, -0.25) is 5.10 Å². The molecule has 0 radical (unpaired) electrons. The van der Waals surface area contributed by atoms with Gasteiger partial charge in [0.15, 0.2) is 11.8 Å². The highest BCUT2D eigenvalue weighted by atomic mass is 16.5. The molecule has 0 atom stereocenters. The van der Waals surface area contributed by atoms with E-state index in [9.17, 15) is 0 Å². The fourth-order valence-electron chi connectivity index (χ4n) is 2.53. The molecule has 27 heavy (non-hydrogen) atoms. The van der Waals surface area contributed by atoms with Gasteiger partial charge in [-0.15, -0.1) is 0 Å². The number of aromatic amines is 1. The summed E-state index contributed by atoms with van der Waals surface area (Å²) in [5.41, 5.74) is 8.83. The van der Waals surface area contributed by atoms with E-state index in [4.69, 9.17) is 10.5 Å². The normalized spacial score (nSPS) is 11.6. The van der Waals surface area contributed by atoms with E-state index in [0.29, 0.717) is 18.3 Å². The van der Waals surface area contributed by atoms with E-state index in [0.717, 1.165) is 28.4 Å². The van der Waals surface area contributed by atoms with Crippen molar-refractivity contribution in [3.8, 4) is 17.1 Å². The number of anilines is 1. The SMILES string of the molecule is Cc1nc(-c2cccc(CN=C(N)Nc3ccc(OC(C)C)cc3)c2)n[nH]1. The number of hydrogen-bond donors (Lipinski definition) is 3. The van der Waals surface area contributed by atoms with Crippen LogP contribution in [0.15, 0.2) is 53.5 Å². The second-order valence-electron chi connectivity index (χ2n) is 6.46. The monoisotopic (exact) mass is 364 g/mol. The first-order chi connectivity index (χ1) is 13.0. The van der Waals surface area contributed by atoms with Gasteiger partial charge >= 0.3 is 0 Å². The summed E-state index contributed by atoms with van der Waals surface area (Å²) in [6.45, 7) is 6.33. The standard InChI is InChI=1S/C20H24N6O/c1-13(2)27-18-9-7-17(8-10-18)24-20(21)22-12-15-5-4-6-16(11-15)19-23-14(3)25-26-19/h4-11,13H,12H2,1-3H3,(H3,21,22,24)(H,23,25,26). The van der Waals surface area contributed by atoms with Crippen LogP contribution in [0, 0.1) is 6.92 Å². The van der Waals surface area contributed by atoms with Crippen LogP contribution in [0.2, 0.25) is 0 Å². The number of nitrogens with one attached hydrogen (secondary N) is 2. The Labute approximate surface area is 158 Å². The molecular formula is C20H24N6O. The first kappa shape index (κ1) is 18.4. The van der Waals surface area contributed by atoms with Crippen molar-refractivity contribution in [1.82, 2.24) is 15.2 Å². The first-order valence-electron chi connectivity index (χ1n) is 8.81. The minimum atomic E-state index is 0.145. The largest absolute Gasteiger partial charge is 0.491 e. The zero-order valence-corrected chi connectivity index (χ0v) is 15.7. The number of guanidine groups is 1. The summed E-state index contributed by atoms with van der Waals surface area (Å²) >= 11 is 0. The van der Waals surface area contributed by atoms with Crippen LogP contribution in [-0.4, -0.2) is 27.2 Å². The Balaban J connectivity index is 1.62. The molecule has 3 aromatic rings. The van der Waals surface area contributed by atoms with Gasteiger partial charge < -0.3 is 15.8 Å². The number of ether oxygens (including phenoxy) is 1. The number of aromatic nitrogens is 3. The number of H-pyrrole nitrogens is 1. The van der Waals surface area contributed by atoms with Gasteiger partial charge in [-0.1, -0.05) is 18.2 Å². The van der Waals surface area contributed by atoms with Gasteiger partial charge in [0.1, 0.15) is 11.6 Å². The van der Waals surface area contributed by atoms with Crippen LogP contribution in [0.3, 0.4) is 0 Å². The van der Waals surface area contributed by atoms with Crippen molar-refractivity contribution in [2.24, 2.45) is 10.7 Å². The Morgan fingerprint density at radius 3 is 2.67 bits per heavy atom. The van der Waals surface area contributed by atoms with Crippen molar-refractivity contribution in [3.05, 3.63) is 59.9 Å². The lowest BCUT2D eigenvalue weighted by molar-refractivity contribution is 0.242. The highest BCUT2D eigenvalue weighted by Gasteiger charge is 2.04. The van der Waals surface area contributed by atoms with E-state index in [2.05, 4.69) is 25.5 Å². The van der Waals surface area contributed by atoms with E-state index in [1.807, 2.05) is 69.3 Å². The molecule has 0 amide bonds. The summed E-state index contributed by atoms with van der Waals surface area (Å²) in [6, 6.07) is 15.6. The zero-order chi connectivity index (χ0) is 19.2. The molecule has 2 aromatic carbocycles. The molecule has 0 aliphatic carbocycles. The molecule has 1 heterocycles. The third kappa shape index (κ3) is 5.31. The van der Waals surface area contributed by atoms with Crippen molar-refractivity contribution in [2.75, 3.05) is 5.32 Å². The Kier molecular flexibility index (Phi) is 5.71. The van der Waals surface area contributed by atoms with Crippen molar-refractivity contribution >= 4 is 11.6 Å². The summed E-state index contributed by atoms with van der Waals surface area (Å²) in [4.78, 5) is 8.75. The van der Waals surface area contributed by atoms with Crippen molar-refractivity contribution in [3.63, 3.8) is 0 Å². The molecule has 0 aliphatic rings. The number of aryl methyl sites for hydroxylation is 1. The van der Waals surface area contributed by atoms with Gasteiger partial charge in [-0.2, -0.15) is 5.10 Å². The fourth-order valence-corrected chi connectivity index (χ4v) is 2.53. The smallest absolute Gasteiger partial charge is 0.193 e.